The van der Waals surface area contributed by atoms with E-state index in [0.29, 0.717) is 0 Å². The lowest BCUT2D eigenvalue weighted by Crippen LogP contribution is -2.02. The Morgan fingerprint density at radius 1 is 1.50 bits per heavy atom. The topological polar surface area (TPSA) is 43.1 Å². The van der Waals surface area contributed by atoms with Crippen LogP contribution < -0.4 is 0 Å². The fraction of sp³-hybridized carbons (Fsp3) is 0.273. The highest BCUT2D eigenvalue weighted by Crippen LogP contribution is 2.47. The third-order valence-corrected chi connectivity index (χ3v) is 2.64. The molecule has 0 atom stereocenters. The number of hydrogen-bond donors (Lipinski definition) is 0. The van der Waals surface area contributed by atoms with E-state index < -0.39 is 4.92 Å². The van der Waals surface area contributed by atoms with E-state index in [4.69, 9.17) is 6.42 Å². The van der Waals surface area contributed by atoms with Gasteiger partial charge in [0.25, 0.3) is 5.69 Å². The zero-order valence-electron chi connectivity index (χ0n) is 7.56. The molecule has 0 aromatic heterocycles. The highest BCUT2D eigenvalue weighted by atomic mass is 16.6. The summed E-state index contributed by atoms with van der Waals surface area (Å²) in [6.45, 7) is 0. The Bertz CT molecular complexity index is 427. The Morgan fingerprint density at radius 3 is 2.71 bits per heavy atom. The first kappa shape index (κ1) is 8.76. The van der Waals surface area contributed by atoms with E-state index in [-0.39, 0.29) is 11.1 Å². The average Bonchev–Trinajstić information content (AvgIpc) is 2.98. The quantitative estimate of drug-likeness (QED) is 0.405. The van der Waals surface area contributed by atoms with Gasteiger partial charge in [0.15, 0.2) is 0 Å². The molecule has 0 bridgehead atoms. The van der Waals surface area contributed by atoms with Gasteiger partial charge in [0, 0.05) is 12.1 Å². The summed E-state index contributed by atoms with van der Waals surface area (Å²) < 4.78 is 0. The van der Waals surface area contributed by atoms with Gasteiger partial charge in [0.1, 0.15) is 0 Å². The summed E-state index contributed by atoms with van der Waals surface area (Å²) in [6, 6.07) is 6.60. The summed E-state index contributed by atoms with van der Waals surface area (Å²) in [7, 11) is 0. The SMILES string of the molecule is C#CC1(c2cccc([N+](=O)[O-])c2)CC1. The highest BCUT2D eigenvalue weighted by molar-refractivity contribution is 5.46. The van der Waals surface area contributed by atoms with Crippen LogP contribution in [0.15, 0.2) is 24.3 Å². The van der Waals surface area contributed by atoms with Crippen molar-refractivity contribution in [3.05, 3.63) is 39.9 Å². The van der Waals surface area contributed by atoms with E-state index in [1.54, 1.807) is 12.1 Å². The van der Waals surface area contributed by atoms with Crippen molar-refractivity contribution in [3.63, 3.8) is 0 Å². The van der Waals surface area contributed by atoms with E-state index in [1.165, 1.54) is 6.07 Å². The predicted molar refractivity (Wildman–Crippen MR) is 52.8 cm³/mol. The van der Waals surface area contributed by atoms with Gasteiger partial charge in [-0.1, -0.05) is 18.1 Å². The van der Waals surface area contributed by atoms with Crippen molar-refractivity contribution in [3.8, 4) is 12.3 Å². The lowest BCUT2D eigenvalue weighted by atomic mass is 9.97. The maximum absolute atomic E-state index is 10.5. The standard InChI is InChI=1S/C11H9NO2/c1-2-11(6-7-11)9-4-3-5-10(8-9)12(13)14/h1,3-5,8H,6-7H2. The molecule has 0 spiro atoms. The van der Waals surface area contributed by atoms with Crippen molar-refractivity contribution >= 4 is 5.69 Å². The summed E-state index contributed by atoms with van der Waals surface area (Å²) >= 11 is 0. The van der Waals surface area contributed by atoms with Crippen LogP contribution in [-0.4, -0.2) is 4.92 Å². The van der Waals surface area contributed by atoms with E-state index in [9.17, 15) is 10.1 Å². The molecule has 70 valence electrons. The molecule has 0 heterocycles. The minimum Gasteiger partial charge on any atom is -0.258 e. The Balaban J connectivity index is 2.42. The van der Waals surface area contributed by atoms with Crippen LogP contribution in [0.2, 0.25) is 0 Å². The monoisotopic (exact) mass is 187 g/mol. The molecule has 14 heavy (non-hydrogen) atoms. The summed E-state index contributed by atoms with van der Waals surface area (Å²) in [5, 5.41) is 10.5. The van der Waals surface area contributed by atoms with Gasteiger partial charge < -0.3 is 0 Å². The lowest BCUT2D eigenvalue weighted by Gasteiger charge is -2.06. The molecule has 1 aromatic rings. The van der Waals surface area contributed by atoms with Crippen molar-refractivity contribution < 1.29 is 4.92 Å². The van der Waals surface area contributed by atoms with Gasteiger partial charge in [-0.2, -0.15) is 0 Å². The Hall–Kier alpha value is -1.82. The smallest absolute Gasteiger partial charge is 0.258 e. The number of terminal acetylenes is 1. The largest absolute Gasteiger partial charge is 0.269 e. The molecule has 1 aromatic carbocycles. The molecule has 1 fully saturated rings. The molecule has 0 unspecified atom stereocenters. The third-order valence-electron chi connectivity index (χ3n) is 2.64. The Morgan fingerprint density at radius 2 is 2.21 bits per heavy atom. The molecule has 3 nitrogen and oxygen atoms in total. The van der Waals surface area contributed by atoms with Crippen molar-refractivity contribution in [2.24, 2.45) is 0 Å². The fourth-order valence-corrected chi connectivity index (χ4v) is 1.56. The van der Waals surface area contributed by atoms with E-state index >= 15 is 0 Å². The Kier molecular flexibility index (Phi) is 1.78. The zero-order chi connectivity index (χ0) is 10.2. The summed E-state index contributed by atoms with van der Waals surface area (Å²) in [5.41, 5.74) is 0.796. The molecule has 1 aliphatic carbocycles. The normalized spacial score (nSPS) is 17.1. The maximum Gasteiger partial charge on any atom is 0.269 e. The number of non-ortho nitro benzene ring substituents is 1. The molecule has 1 aliphatic rings. The summed E-state index contributed by atoms with van der Waals surface area (Å²) in [6.07, 6.45) is 7.28. The van der Waals surface area contributed by atoms with Gasteiger partial charge in [-0.25, -0.2) is 0 Å². The van der Waals surface area contributed by atoms with Gasteiger partial charge in [0.05, 0.1) is 10.3 Å². The van der Waals surface area contributed by atoms with E-state index in [0.717, 1.165) is 18.4 Å². The summed E-state index contributed by atoms with van der Waals surface area (Å²) in [4.78, 5) is 10.1. The van der Waals surface area contributed by atoms with Crippen LogP contribution in [0, 0.1) is 22.5 Å². The van der Waals surface area contributed by atoms with Crippen molar-refractivity contribution in [2.45, 2.75) is 18.3 Å². The van der Waals surface area contributed by atoms with Gasteiger partial charge >= 0.3 is 0 Å². The number of nitro groups is 1. The van der Waals surface area contributed by atoms with Crippen LogP contribution in [-0.2, 0) is 5.41 Å². The van der Waals surface area contributed by atoms with Crippen molar-refractivity contribution in [1.82, 2.24) is 0 Å². The van der Waals surface area contributed by atoms with E-state index in [2.05, 4.69) is 5.92 Å². The number of nitro benzene ring substituents is 1. The van der Waals surface area contributed by atoms with Crippen LogP contribution in [0.4, 0.5) is 5.69 Å². The molecule has 3 heteroatoms. The summed E-state index contributed by atoms with van der Waals surface area (Å²) in [5.74, 6) is 2.71. The zero-order valence-corrected chi connectivity index (χ0v) is 7.56. The van der Waals surface area contributed by atoms with Crippen molar-refractivity contribution in [1.29, 1.82) is 0 Å². The van der Waals surface area contributed by atoms with Gasteiger partial charge in [-0.05, 0) is 18.4 Å². The molecular formula is C11H9NO2. The minimum atomic E-state index is -0.393. The molecular weight excluding hydrogens is 178 g/mol. The number of hydrogen-bond acceptors (Lipinski definition) is 2. The van der Waals surface area contributed by atoms with Gasteiger partial charge in [0.2, 0.25) is 0 Å². The molecule has 0 radical (unpaired) electrons. The first-order valence-electron chi connectivity index (χ1n) is 4.41. The van der Waals surface area contributed by atoms with Crippen LogP contribution >= 0.6 is 0 Å². The van der Waals surface area contributed by atoms with Gasteiger partial charge in [-0.15, -0.1) is 6.42 Å². The maximum atomic E-state index is 10.5. The number of nitrogens with zero attached hydrogens (tertiary/aromatic N) is 1. The molecule has 0 saturated heterocycles. The first-order valence-corrected chi connectivity index (χ1v) is 4.41. The molecule has 0 N–H and O–H groups in total. The highest BCUT2D eigenvalue weighted by Gasteiger charge is 2.43. The number of benzene rings is 1. The number of rotatable bonds is 2. The minimum absolute atomic E-state index is 0.115. The van der Waals surface area contributed by atoms with E-state index in [1.807, 2.05) is 6.07 Å². The Labute approximate surface area is 81.9 Å². The van der Waals surface area contributed by atoms with Crippen LogP contribution in [0.5, 0.6) is 0 Å². The first-order chi connectivity index (χ1) is 6.68. The molecule has 0 amide bonds. The predicted octanol–water partition coefficient (Wildman–Crippen LogP) is 2.26. The van der Waals surface area contributed by atoms with Crippen LogP contribution in [0.25, 0.3) is 0 Å². The second kappa shape index (κ2) is 2.85. The fourth-order valence-electron chi connectivity index (χ4n) is 1.56. The molecule has 1 saturated carbocycles. The average molecular weight is 187 g/mol. The molecule has 0 aliphatic heterocycles. The third kappa shape index (κ3) is 1.25. The lowest BCUT2D eigenvalue weighted by molar-refractivity contribution is -0.384. The van der Waals surface area contributed by atoms with Crippen LogP contribution in [0.1, 0.15) is 18.4 Å². The van der Waals surface area contributed by atoms with Gasteiger partial charge in [-0.3, -0.25) is 10.1 Å². The van der Waals surface area contributed by atoms with Crippen molar-refractivity contribution in [2.75, 3.05) is 0 Å². The molecule has 2 rings (SSSR count). The second-order valence-electron chi connectivity index (χ2n) is 3.53. The van der Waals surface area contributed by atoms with Crippen LogP contribution in [0.3, 0.4) is 0 Å². The second-order valence-corrected chi connectivity index (χ2v) is 3.53.